The summed E-state index contributed by atoms with van der Waals surface area (Å²) in [6.07, 6.45) is 0. The van der Waals surface area contributed by atoms with Gasteiger partial charge in [-0.2, -0.15) is 0 Å². The lowest BCUT2D eigenvalue weighted by molar-refractivity contribution is 0.0916. The normalized spacial score (nSPS) is 37.0. The van der Waals surface area contributed by atoms with Gasteiger partial charge in [0, 0.05) is 0 Å². The standard InChI is InChI=1S/C9H16Cl2OP/c1-8(2)9(3,11)7(10)6-13(4,5)12-8/h6H,1-5H3/q+1. The zero-order valence-corrected chi connectivity index (χ0v) is 11.1. The molecule has 76 valence electrons. The van der Waals surface area contributed by atoms with Gasteiger partial charge in [0.2, 0.25) is 0 Å². The van der Waals surface area contributed by atoms with Gasteiger partial charge in [-0.1, -0.05) is 11.6 Å². The van der Waals surface area contributed by atoms with Gasteiger partial charge in [0.05, 0.1) is 18.4 Å². The summed E-state index contributed by atoms with van der Waals surface area (Å²) in [5.74, 6) is 1.98. The van der Waals surface area contributed by atoms with E-state index >= 15 is 0 Å². The van der Waals surface area contributed by atoms with Crippen molar-refractivity contribution in [1.82, 2.24) is 0 Å². The molecule has 1 nitrogen and oxygen atoms in total. The van der Waals surface area contributed by atoms with Gasteiger partial charge in [0.25, 0.3) is 0 Å². The molecule has 4 heteroatoms. The Labute approximate surface area is 90.9 Å². The lowest BCUT2D eigenvalue weighted by Crippen LogP contribution is -2.47. The molecule has 1 atom stereocenters. The Hall–Kier alpha value is 0.710. The van der Waals surface area contributed by atoms with Gasteiger partial charge in [-0.3, -0.25) is 0 Å². The summed E-state index contributed by atoms with van der Waals surface area (Å²) in [4.78, 5) is -0.607. The summed E-state index contributed by atoms with van der Waals surface area (Å²) in [5.41, 5.74) is -0.405. The minimum atomic E-state index is -1.47. The topological polar surface area (TPSA) is 9.23 Å². The van der Waals surface area contributed by atoms with E-state index in [1.54, 1.807) is 0 Å². The van der Waals surface area contributed by atoms with Crippen LogP contribution in [0.15, 0.2) is 10.8 Å². The smallest absolute Gasteiger partial charge is 0.166 e. The van der Waals surface area contributed by atoms with Gasteiger partial charge in [0.1, 0.15) is 16.3 Å². The fourth-order valence-corrected chi connectivity index (χ4v) is 4.75. The Morgan fingerprint density at radius 2 is 1.77 bits per heavy atom. The van der Waals surface area contributed by atoms with Crippen molar-refractivity contribution in [1.29, 1.82) is 0 Å². The monoisotopic (exact) mass is 241 g/mol. The van der Waals surface area contributed by atoms with Gasteiger partial charge in [-0.25, -0.2) is 4.52 Å². The molecular weight excluding hydrogens is 226 g/mol. The molecule has 1 rings (SSSR count). The minimum Gasteiger partial charge on any atom is -0.226 e. The fraction of sp³-hybridized carbons (Fsp3) is 0.778. The van der Waals surface area contributed by atoms with Crippen molar-refractivity contribution in [3.63, 3.8) is 0 Å². The first kappa shape index (κ1) is 11.8. The van der Waals surface area contributed by atoms with Crippen molar-refractivity contribution in [2.24, 2.45) is 0 Å². The van der Waals surface area contributed by atoms with E-state index in [1.165, 1.54) is 0 Å². The van der Waals surface area contributed by atoms with Crippen LogP contribution in [0.5, 0.6) is 0 Å². The molecule has 0 saturated carbocycles. The third-order valence-electron chi connectivity index (χ3n) is 2.47. The number of halogens is 2. The Morgan fingerprint density at radius 3 is 2.15 bits per heavy atom. The van der Waals surface area contributed by atoms with E-state index < -0.39 is 18.0 Å². The van der Waals surface area contributed by atoms with E-state index in [4.69, 9.17) is 27.7 Å². The first-order chi connectivity index (χ1) is 5.58. The van der Waals surface area contributed by atoms with Crippen molar-refractivity contribution >= 4 is 30.7 Å². The summed E-state index contributed by atoms with van der Waals surface area (Å²) in [5, 5.41) is 0.712. The van der Waals surface area contributed by atoms with Crippen LogP contribution in [0.1, 0.15) is 20.8 Å². The van der Waals surface area contributed by atoms with Gasteiger partial charge < -0.3 is 0 Å². The van der Waals surface area contributed by atoms with Crippen LogP contribution in [0.25, 0.3) is 0 Å². The molecule has 1 heterocycles. The summed E-state index contributed by atoms with van der Waals surface area (Å²) >= 11 is 12.5. The Morgan fingerprint density at radius 1 is 1.31 bits per heavy atom. The van der Waals surface area contributed by atoms with E-state index in [1.807, 2.05) is 26.6 Å². The van der Waals surface area contributed by atoms with Crippen molar-refractivity contribution in [3.8, 4) is 0 Å². The molecule has 1 aliphatic rings. The Balaban J connectivity index is 3.18. The fourth-order valence-electron chi connectivity index (χ4n) is 1.38. The highest BCUT2D eigenvalue weighted by atomic mass is 35.5. The van der Waals surface area contributed by atoms with Crippen LogP contribution in [0.3, 0.4) is 0 Å². The third-order valence-corrected chi connectivity index (χ3v) is 5.67. The maximum atomic E-state index is 6.33. The number of alkyl halides is 1. The maximum absolute atomic E-state index is 6.33. The molecule has 1 aliphatic heterocycles. The number of hydrogen-bond acceptors (Lipinski definition) is 1. The zero-order valence-electron chi connectivity index (χ0n) is 8.69. The minimum absolute atomic E-state index is 0.405. The van der Waals surface area contributed by atoms with Crippen molar-refractivity contribution in [2.75, 3.05) is 13.3 Å². The highest BCUT2D eigenvalue weighted by molar-refractivity contribution is 7.73. The summed E-state index contributed by atoms with van der Waals surface area (Å²) < 4.78 is 5.97. The maximum Gasteiger partial charge on any atom is 0.166 e. The first-order valence-electron chi connectivity index (χ1n) is 4.21. The molecule has 0 aromatic rings. The van der Waals surface area contributed by atoms with Crippen LogP contribution in [-0.4, -0.2) is 23.8 Å². The molecule has 0 spiro atoms. The average Bonchev–Trinajstić information content (AvgIpc) is 1.80. The molecule has 0 saturated heterocycles. The molecule has 0 bridgehead atoms. The van der Waals surface area contributed by atoms with E-state index in [9.17, 15) is 0 Å². The van der Waals surface area contributed by atoms with Gasteiger partial charge in [0.15, 0.2) is 7.49 Å². The Bertz CT molecular complexity index is 256. The largest absolute Gasteiger partial charge is 0.226 e. The van der Waals surface area contributed by atoms with E-state index in [2.05, 4.69) is 13.3 Å². The predicted molar refractivity (Wildman–Crippen MR) is 62.1 cm³/mol. The van der Waals surface area contributed by atoms with E-state index in [0.29, 0.717) is 5.03 Å². The second-order valence-corrected chi connectivity index (χ2v) is 8.99. The number of hydrogen-bond donors (Lipinski definition) is 0. The molecule has 0 aromatic heterocycles. The molecule has 0 aromatic carbocycles. The highest BCUT2D eigenvalue weighted by Gasteiger charge is 2.54. The highest BCUT2D eigenvalue weighted by Crippen LogP contribution is 2.65. The van der Waals surface area contributed by atoms with Gasteiger partial charge in [-0.15, -0.1) is 11.6 Å². The van der Waals surface area contributed by atoms with E-state index in [-0.39, 0.29) is 0 Å². The SMILES string of the molecule is CC1(C)O[P+](C)(C)C=C(Cl)C1(C)Cl. The number of rotatable bonds is 0. The molecule has 0 aliphatic carbocycles. The lowest BCUT2D eigenvalue weighted by atomic mass is 9.92. The van der Waals surface area contributed by atoms with Crippen molar-refractivity contribution in [2.45, 2.75) is 31.2 Å². The molecule has 0 amide bonds. The van der Waals surface area contributed by atoms with Gasteiger partial charge in [-0.05, 0) is 20.8 Å². The molecule has 0 radical (unpaired) electrons. The van der Waals surface area contributed by atoms with Crippen LogP contribution >= 0.6 is 30.7 Å². The summed E-state index contributed by atoms with van der Waals surface area (Å²) in [6.45, 7) is 10.0. The van der Waals surface area contributed by atoms with Crippen molar-refractivity contribution in [3.05, 3.63) is 10.8 Å². The van der Waals surface area contributed by atoms with Crippen LogP contribution in [0.4, 0.5) is 0 Å². The van der Waals surface area contributed by atoms with Crippen LogP contribution in [-0.2, 0) is 4.52 Å². The molecule has 13 heavy (non-hydrogen) atoms. The second-order valence-electron chi connectivity index (χ2n) is 4.52. The first-order valence-corrected chi connectivity index (χ1v) is 7.63. The predicted octanol–water partition coefficient (Wildman–Crippen LogP) is 4.07. The quantitative estimate of drug-likeness (QED) is 0.459. The van der Waals surface area contributed by atoms with Crippen LogP contribution in [0.2, 0.25) is 0 Å². The van der Waals surface area contributed by atoms with Crippen LogP contribution in [0, 0.1) is 0 Å². The third kappa shape index (κ3) is 2.04. The molecule has 1 unspecified atom stereocenters. The average molecular weight is 242 g/mol. The zero-order chi connectivity index (χ0) is 10.5. The van der Waals surface area contributed by atoms with Crippen LogP contribution < -0.4 is 0 Å². The van der Waals surface area contributed by atoms with Crippen molar-refractivity contribution < 1.29 is 4.52 Å². The summed E-state index contributed by atoms with van der Waals surface area (Å²) in [7, 11) is -1.47. The molecule has 0 N–H and O–H groups in total. The lowest BCUT2D eigenvalue weighted by Gasteiger charge is -2.42. The summed E-state index contributed by atoms with van der Waals surface area (Å²) in [6, 6.07) is 0. The Kier molecular flexibility index (Phi) is 2.81. The second kappa shape index (κ2) is 3.10. The van der Waals surface area contributed by atoms with Gasteiger partial charge >= 0.3 is 0 Å². The molecular formula is C9H16Cl2OP+. The van der Waals surface area contributed by atoms with E-state index in [0.717, 1.165) is 0 Å². The molecule has 0 fully saturated rings.